The third-order valence-electron chi connectivity index (χ3n) is 3.18. The molecule has 0 saturated carbocycles. The minimum absolute atomic E-state index is 0.132. The third-order valence-corrected chi connectivity index (χ3v) is 3.18. The van der Waals surface area contributed by atoms with Gasteiger partial charge in [-0.05, 0) is 32.6 Å². The lowest BCUT2D eigenvalue weighted by Gasteiger charge is -2.24. The van der Waals surface area contributed by atoms with Crippen LogP contribution in [0.3, 0.4) is 0 Å². The van der Waals surface area contributed by atoms with Crippen LogP contribution >= 0.6 is 0 Å². The van der Waals surface area contributed by atoms with Crippen molar-refractivity contribution in [3.05, 3.63) is 32.6 Å². The first-order valence-corrected chi connectivity index (χ1v) is 6.01. The van der Waals surface area contributed by atoms with Crippen molar-refractivity contribution < 1.29 is 0 Å². The first kappa shape index (κ1) is 13.7. The van der Waals surface area contributed by atoms with E-state index < -0.39 is 0 Å². The Bertz CT molecular complexity index is 503. The number of hydrogen-bond acceptors (Lipinski definition) is 2. The highest BCUT2D eigenvalue weighted by Gasteiger charge is 2.20. The molecular weight excluding hydrogens is 216 g/mol. The molecule has 1 atom stereocenters. The van der Waals surface area contributed by atoms with Gasteiger partial charge in [0.1, 0.15) is 0 Å². The maximum Gasteiger partial charge on any atom is 0.328 e. The highest BCUT2D eigenvalue weighted by atomic mass is 16.2. The average Bonchev–Trinajstić information content (AvgIpc) is 2.14. The van der Waals surface area contributed by atoms with Gasteiger partial charge in [0, 0.05) is 17.3 Å². The predicted molar refractivity (Wildman–Crippen MR) is 69.6 cm³/mol. The molecule has 0 fully saturated rings. The second-order valence-electron chi connectivity index (χ2n) is 5.92. The number of aromatic nitrogens is 2. The molecule has 1 rings (SSSR count). The molecule has 0 saturated heterocycles. The SMILES string of the molecule is CC(C)C(C)c1cn(C(C)(C)C)c(=O)[nH]c1=O. The van der Waals surface area contributed by atoms with E-state index in [1.165, 1.54) is 0 Å². The Morgan fingerprint density at radius 2 is 1.71 bits per heavy atom. The Balaban J connectivity index is 3.45. The minimum atomic E-state index is -0.345. The van der Waals surface area contributed by atoms with Crippen molar-refractivity contribution in [2.45, 2.75) is 53.0 Å². The van der Waals surface area contributed by atoms with Gasteiger partial charge < -0.3 is 0 Å². The van der Waals surface area contributed by atoms with E-state index in [-0.39, 0.29) is 22.7 Å². The number of nitrogens with zero attached hydrogens (tertiary/aromatic N) is 1. The first-order chi connectivity index (χ1) is 7.64. The third kappa shape index (κ3) is 2.87. The van der Waals surface area contributed by atoms with Gasteiger partial charge in [0.05, 0.1) is 0 Å². The largest absolute Gasteiger partial charge is 0.328 e. The summed E-state index contributed by atoms with van der Waals surface area (Å²) in [6.07, 6.45) is 1.70. The molecule has 96 valence electrons. The van der Waals surface area contributed by atoms with Crippen LogP contribution in [0.15, 0.2) is 15.8 Å². The minimum Gasteiger partial charge on any atom is -0.295 e. The summed E-state index contributed by atoms with van der Waals surface area (Å²) >= 11 is 0. The quantitative estimate of drug-likeness (QED) is 0.857. The van der Waals surface area contributed by atoms with E-state index >= 15 is 0 Å². The van der Waals surface area contributed by atoms with Crippen molar-refractivity contribution in [3.63, 3.8) is 0 Å². The fraction of sp³-hybridized carbons (Fsp3) is 0.692. The van der Waals surface area contributed by atoms with Crippen LogP contribution in [-0.2, 0) is 5.54 Å². The Kier molecular flexibility index (Phi) is 3.65. The summed E-state index contributed by atoms with van der Waals surface area (Å²) in [6, 6.07) is 0. The summed E-state index contributed by atoms with van der Waals surface area (Å²) in [7, 11) is 0. The number of hydrogen-bond donors (Lipinski definition) is 1. The molecule has 0 aliphatic carbocycles. The number of nitrogens with one attached hydrogen (secondary N) is 1. The molecule has 4 heteroatoms. The van der Waals surface area contributed by atoms with E-state index in [2.05, 4.69) is 18.8 Å². The molecule has 1 aromatic rings. The summed E-state index contributed by atoms with van der Waals surface area (Å²) < 4.78 is 1.59. The molecule has 1 N–H and O–H groups in total. The lowest BCUT2D eigenvalue weighted by atomic mass is 9.92. The summed E-state index contributed by atoms with van der Waals surface area (Å²) in [4.78, 5) is 25.9. The van der Waals surface area contributed by atoms with Crippen molar-refractivity contribution in [1.82, 2.24) is 9.55 Å². The topological polar surface area (TPSA) is 54.9 Å². The standard InChI is InChI=1S/C13H22N2O2/c1-8(2)9(3)10-7-15(13(4,5)6)12(17)14-11(10)16/h7-9H,1-6H3,(H,14,16,17). The Morgan fingerprint density at radius 1 is 1.18 bits per heavy atom. The van der Waals surface area contributed by atoms with Gasteiger partial charge in [0.15, 0.2) is 0 Å². The highest BCUT2D eigenvalue weighted by Crippen LogP contribution is 2.21. The van der Waals surface area contributed by atoms with E-state index in [4.69, 9.17) is 0 Å². The summed E-state index contributed by atoms with van der Waals surface area (Å²) in [5, 5.41) is 0. The second kappa shape index (κ2) is 4.51. The molecule has 0 aliphatic rings. The molecular formula is C13H22N2O2. The van der Waals surface area contributed by atoms with Crippen LogP contribution in [0.25, 0.3) is 0 Å². The summed E-state index contributed by atoms with van der Waals surface area (Å²) in [5.74, 6) is 0.495. The van der Waals surface area contributed by atoms with E-state index in [1.54, 1.807) is 10.8 Å². The summed E-state index contributed by atoms with van der Waals surface area (Å²) in [6.45, 7) is 12.0. The highest BCUT2D eigenvalue weighted by molar-refractivity contribution is 5.12. The van der Waals surface area contributed by atoms with Crippen LogP contribution in [0.1, 0.15) is 53.0 Å². The zero-order chi connectivity index (χ0) is 13.4. The zero-order valence-corrected chi connectivity index (χ0v) is 11.5. The van der Waals surface area contributed by atoms with Crippen LogP contribution in [0, 0.1) is 5.92 Å². The molecule has 0 aromatic carbocycles. The van der Waals surface area contributed by atoms with Crippen LogP contribution < -0.4 is 11.2 Å². The van der Waals surface area contributed by atoms with E-state index in [0.29, 0.717) is 11.5 Å². The van der Waals surface area contributed by atoms with Gasteiger partial charge >= 0.3 is 5.69 Å². The van der Waals surface area contributed by atoms with Crippen LogP contribution in [0.2, 0.25) is 0 Å². The van der Waals surface area contributed by atoms with Crippen molar-refractivity contribution in [2.75, 3.05) is 0 Å². The molecule has 0 aliphatic heterocycles. The predicted octanol–water partition coefficient (Wildman–Crippen LogP) is 2.05. The maximum atomic E-state index is 11.8. The monoisotopic (exact) mass is 238 g/mol. The molecule has 1 heterocycles. The van der Waals surface area contributed by atoms with Crippen molar-refractivity contribution in [3.8, 4) is 0 Å². The Morgan fingerprint density at radius 3 is 2.12 bits per heavy atom. The fourth-order valence-electron chi connectivity index (χ4n) is 1.67. The number of H-pyrrole nitrogens is 1. The van der Waals surface area contributed by atoms with Crippen LogP contribution in [-0.4, -0.2) is 9.55 Å². The van der Waals surface area contributed by atoms with Crippen molar-refractivity contribution >= 4 is 0 Å². The molecule has 0 amide bonds. The van der Waals surface area contributed by atoms with Gasteiger partial charge in [-0.15, -0.1) is 0 Å². The molecule has 0 bridgehead atoms. The molecule has 0 radical (unpaired) electrons. The van der Waals surface area contributed by atoms with Gasteiger partial charge in [0.2, 0.25) is 0 Å². The zero-order valence-electron chi connectivity index (χ0n) is 11.5. The van der Waals surface area contributed by atoms with Gasteiger partial charge in [0.25, 0.3) is 5.56 Å². The Labute approximate surface area is 102 Å². The number of rotatable bonds is 2. The van der Waals surface area contributed by atoms with E-state index in [0.717, 1.165) is 0 Å². The van der Waals surface area contributed by atoms with Crippen molar-refractivity contribution in [1.29, 1.82) is 0 Å². The van der Waals surface area contributed by atoms with Crippen LogP contribution in [0.4, 0.5) is 0 Å². The first-order valence-electron chi connectivity index (χ1n) is 6.01. The molecule has 1 unspecified atom stereocenters. The van der Waals surface area contributed by atoms with Gasteiger partial charge in [-0.3, -0.25) is 14.3 Å². The molecule has 17 heavy (non-hydrogen) atoms. The van der Waals surface area contributed by atoms with E-state index in [1.807, 2.05) is 27.7 Å². The average molecular weight is 238 g/mol. The van der Waals surface area contributed by atoms with Gasteiger partial charge in [-0.25, -0.2) is 4.79 Å². The molecule has 4 nitrogen and oxygen atoms in total. The fourth-order valence-corrected chi connectivity index (χ4v) is 1.67. The normalized spacial score (nSPS) is 14.1. The second-order valence-corrected chi connectivity index (χ2v) is 5.92. The Hall–Kier alpha value is -1.32. The van der Waals surface area contributed by atoms with Gasteiger partial charge in [-0.1, -0.05) is 20.8 Å². The van der Waals surface area contributed by atoms with E-state index in [9.17, 15) is 9.59 Å². The van der Waals surface area contributed by atoms with Gasteiger partial charge in [-0.2, -0.15) is 0 Å². The lowest BCUT2D eigenvalue weighted by Crippen LogP contribution is -2.40. The maximum absolute atomic E-state index is 11.8. The smallest absolute Gasteiger partial charge is 0.295 e. The molecule has 0 spiro atoms. The van der Waals surface area contributed by atoms with Crippen molar-refractivity contribution in [2.24, 2.45) is 5.92 Å². The van der Waals surface area contributed by atoms with Crippen LogP contribution in [0.5, 0.6) is 0 Å². The number of aromatic amines is 1. The summed E-state index contributed by atoms with van der Waals surface area (Å²) in [5.41, 5.74) is -0.263. The lowest BCUT2D eigenvalue weighted by molar-refractivity contribution is 0.371. The molecule has 1 aromatic heterocycles.